The maximum absolute atomic E-state index is 13.6. The van der Waals surface area contributed by atoms with E-state index in [0.29, 0.717) is 30.0 Å². The van der Waals surface area contributed by atoms with Gasteiger partial charge in [0.15, 0.2) is 0 Å². The molecule has 182 valence electrons. The van der Waals surface area contributed by atoms with Crippen LogP contribution in [-0.4, -0.2) is 39.6 Å². The van der Waals surface area contributed by atoms with Crippen LogP contribution in [0, 0.1) is 20.8 Å². The van der Waals surface area contributed by atoms with Gasteiger partial charge in [0, 0.05) is 23.4 Å². The predicted molar refractivity (Wildman–Crippen MR) is 134 cm³/mol. The van der Waals surface area contributed by atoms with Gasteiger partial charge in [0.2, 0.25) is 5.91 Å². The lowest BCUT2D eigenvalue weighted by atomic mass is 10.1. The Morgan fingerprint density at radius 3 is 2.40 bits per heavy atom. The topological polar surface area (TPSA) is 93.5 Å². The number of aromatic nitrogens is 2. The van der Waals surface area contributed by atoms with Crippen LogP contribution in [0.4, 0.5) is 10.5 Å². The molecular weight excluding hydrogens is 444 g/mol. The minimum Gasteiger partial charge on any atom is -0.450 e. The molecule has 2 heterocycles. The third kappa shape index (κ3) is 5.11. The maximum atomic E-state index is 13.6. The number of amides is 2. The van der Waals surface area contributed by atoms with Gasteiger partial charge in [-0.2, -0.15) is 0 Å². The van der Waals surface area contributed by atoms with Crippen LogP contribution >= 0.6 is 0 Å². The number of fused-ring (bicyclic) bond motifs is 1. The Hall–Kier alpha value is -3.94. The first-order chi connectivity index (χ1) is 16.8. The molecule has 0 saturated heterocycles. The molecular formula is C27H30N4O4. The molecule has 1 aliphatic rings. The first-order valence-electron chi connectivity index (χ1n) is 11.8. The van der Waals surface area contributed by atoms with Crippen LogP contribution in [-0.2, 0) is 29.0 Å². The van der Waals surface area contributed by atoms with Crippen molar-refractivity contribution < 1.29 is 14.3 Å². The van der Waals surface area contributed by atoms with E-state index in [0.717, 1.165) is 27.9 Å². The molecule has 0 aliphatic carbocycles. The number of para-hydroxylation sites is 1. The lowest BCUT2D eigenvalue weighted by Crippen LogP contribution is -2.42. The van der Waals surface area contributed by atoms with Gasteiger partial charge in [-0.05, 0) is 45.2 Å². The highest BCUT2D eigenvalue weighted by Crippen LogP contribution is 2.23. The quantitative estimate of drug-likeness (QED) is 0.604. The summed E-state index contributed by atoms with van der Waals surface area (Å²) < 4.78 is 6.57. The zero-order chi connectivity index (χ0) is 25.1. The third-order valence-electron chi connectivity index (χ3n) is 6.20. The number of benzene rings is 2. The van der Waals surface area contributed by atoms with E-state index >= 15 is 0 Å². The molecule has 0 saturated carbocycles. The highest BCUT2D eigenvalue weighted by Gasteiger charge is 2.27. The largest absolute Gasteiger partial charge is 0.450 e. The van der Waals surface area contributed by atoms with E-state index in [1.54, 1.807) is 11.8 Å². The molecule has 2 amide bonds. The molecule has 8 heteroatoms. The number of carbonyl (C=O) groups excluding carboxylic acids is 2. The average molecular weight is 475 g/mol. The second kappa shape index (κ2) is 10.1. The van der Waals surface area contributed by atoms with Crippen molar-refractivity contribution >= 4 is 17.7 Å². The van der Waals surface area contributed by atoms with Crippen LogP contribution in [0.1, 0.15) is 34.9 Å². The molecule has 0 spiro atoms. The number of aryl methyl sites for hydroxylation is 3. The first kappa shape index (κ1) is 24.2. The zero-order valence-corrected chi connectivity index (χ0v) is 20.6. The Labute approximate surface area is 204 Å². The van der Waals surface area contributed by atoms with Gasteiger partial charge in [-0.1, -0.05) is 48.0 Å². The average Bonchev–Trinajstić information content (AvgIpc) is 2.83. The highest BCUT2D eigenvalue weighted by atomic mass is 16.6. The molecule has 4 rings (SSSR count). The third-order valence-corrected chi connectivity index (χ3v) is 6.20. The molecule has 1 aliphatic heterocycles. The molecule has 8 nitrogen and oxygen atoms in total. The Morgan fingerprint density at radius 2 is 1.74 bits per heavy atom. The number of carbonyl (C=O) groups is 2. The predicted octanol–water partition coefficient (Wildman–Crippen LogP) is 3.99. The van der Waals surface area contributed by atoms with Crippen molar-refractivity contribution in [1.82, 2.24) is 14.5 Å². The molecule has 0 fully saturated rings. The molecule has 1 aromatic heterocycles. The number of hydrogen-bond acceptors (Lipinski definition) is 5. The summed E-state index contributed by atoms with van der Waals surface area (Å²) in [6, 6.07) is 13.4. The van der Waals surface area contributed by atoms with E-state index in [9.17, 15) is 14.4 Å². The normalized spacial score (nSPS) is 12.7. The van der Waals surface area contributed by atoms with Crippen molar-refractivity contribution in [3.05, 3.63) is 80.8 Å². The summed E-state index contributed by atoms with van der Waals surface area (Å²) >= 11 is 0. The summed E-state index contributed by atoms with van der Waals surface area (Å²) in [7, 11) is 0. The summed E-state index contributed by atoms with van der Waals surface area (Å²) in [6.07, 6.45) is -0.0684. The number of ether oxygens (including phenoxy) is 1. The van der Waals surface area contributed by atoms with Crippen molar-refractivity contribution in [2.75, 3.05) is 18.5 Å². The van der Waals surface area contributed by atoms with Crippen molar-refractivity contribution in [1.29, 1.82) is 0 Å². The fourth-order valence-corrected chi connectivity index (χ4v) is 4.30. The fraction of sp³-hybridized carbons (Fsp3) is 0.333. The monoisotopic (exact) mass is 474 g/mol. The first-order valence-corrected chi connectivity index (χ1v) is 11.8. The van der Waals surface area contributed by atoms with Crippen LogP contribution in [0.15, 0.2) is 47.3 Å². The lowest BCUT2D eigenvalue weighted by Gasteiger charge is -2.28. The van der Waals surface area contributed by atoms with Gasteiger partial charge in [-0.15, -0.1) is 0 Å². The fourth-order valence-electron chi connectivity index (χ4n) is 4.30. The second-order valence-electron chi connectivity index (χ2n) is 8.80. The number of rotatable bonds is 5. The summed E-state index contributed by atoms with van der Waals surface area (Å²) in [5, 5.41) is 2.96. The van der Waals surface area contributed by atoms with Gasteiger partial charge < -0.3 is 15.0 Å². The molecule has 0 radical (unpaired) electrons. The lowest BCUT2D eigenvalue weighted by molar-refractivity contribution is -0.116. The van der Waals surface area contributed by atoms with Crippen LogP contribution in [0.2, 0.25) is 0 Å². The second-order valence-corrected chi connectivity index (χ2v) is 8.80. The SMILES string of the molecule is CCOC(=O)N1CCc2c(nc(-c3ccc(C)cc3)n(CC(=O)Nc3c(C)cccc3C)c2=O)C1. The highest BCUT2D eigenvalue weighted by molar-refractivity contribution is 5.92. The van der Waals surface area contributed by atoms with Crippen LogP contribution in [0.5, 0.6) is 0 Å². The van der Waals surface area contributed by atoms with E-state index in [4.69, 9.17) is 9.72 Å². The Morgan fingerprint density at radius 1 is 1.06 bits per heavy atom. The van der Waals surface area contributed by atoms with Crippen molar-refractivity contribution in [3.63, 3.8) is 0 Å². The number of nitrogens with one attached hydrogen (secondary N) is 1. The number of anilines is 1. The minimum absolute atomic E-state index is 0.169. The number of hydrogen-bond donors (Lipinski definition) is 1. The van der Waals surface area contributed by atoms with Gasteiger partial charge in [-0.25, -0.2) is 9.78 Å². The standard InChI is InChI=1S/C27H30N4O4/c1-5-35-27(34)30-14-13-21-22(15-30)28-25(20-11-9-17(2)10-12-20)31(26(21)33)16-23(32)29-24-18(3)7-6-8-19(24)4/h6-12H,5,13-16H2,1-4H3,(H,29,32). The molecule has 2 aromatic carbocycles. The van der Waals surface area contributed by atoms with E-state index in [1.807, 2.05) is 63.2 Å². The molecule has 0 unspecified atom stereocenters. The molecule has 0 bridgehead atoms. The maximum Gasteiger partial charge on any atom is 0.410 e. The van der Waals surface area contributed by atoms with E-state index in [2.05, 4.69) is 5.32 Å². The summed E-state index contributed by atoms with van der Waals surface area (Å²) in [4.78, 5) is 45.3. The minimum atomic E-state index is -0.422. The van der Waals surface area contributed by atoms with Gasteiger partial charge in [-0.3, -0.25) is 14.2 Å². The Bertz CT molecular complexity index is 1310. The smallest absolute Gasteiger partial charge is 0.410 e. The van der Waals surface area contributed by atoms with Crippen LogP contribution in [0.3, 0.4) is 0 Å². The summed E-state index contributed by atoms with van der Waals surface area (Å²) in [5.41, 5.74) is 5.26. The van der Waals surface area contributed by atoms with Crippen molar-refractivity contribution in [2.24, 2.45) is 0 Å². The van der Waals surface area contributed by atoms with E-state index in [-0.39, 0.29) is 31.2 Å². The summed E-state index contributed by atoms with van der Waals surface area (Å²) in [5.74, 6) is 0.0969. The van der Waals surface area contributed by atoms with Crippen LogP contribution < -0.4 is 10.9 Å². The zero-order valence-electron chi connectivity index (χ0n) is 20.6. The van der Waals surface area contributed by atoms with Gasteiger partial charge >= 0.3 is 6.09 Å². The van der Waals surface area contributed by atoms with E-state index in [1.165, 1.54) is 4.57 Å². The summed E-state index contributed by atoms with van der Waals surface area (Å²) in [6.45, 7) is 8.26. The molecule has 0 atom stereocenters. The Kier molecular flexibility index (Phi) is 7.00. The van der Waals surface area contributed by atoms with Crippen molar-refractivity contribution in [3.8, 4) is 11.4 Å². The Balaban J connectivity index is 1.73. The number of nitrogens with zero attached hydrogens (tertiary/aromatic N) is 3. The van der Waals surface area contributed by atoms with Gasteiger partial charge in [0.1, 0.15) is 12.4 Å². The molecule has 3 aromatic rings. The van der Waals surface area contributed by atoms with Crippen molar-refractivity contribution in [2.45, 2.75) is 47.2 Å². The molecule has 35 heavy (non-hydrogen) atoms. The van der Waals surface area contributed by atoms with Crippen LogP contribution in [0.25, 0.3) is 11.4 Å². The van der Waals surface area contributed by atoms with Gasteiger partial charge in [0.25, 0.3) is 5.56 Å². The molecule has 1 N–H and O–H groups in total. The van der Waals surface area contributed by atoms with Gasteiger partial charge in [0.05, 0.1) is 18.8 Å². The van der Waals surface area contributed by atoms with E-state index < -0.39 is 6.09 Å².